The first-order valence-corrected chi connectivity index (χ1v) is 5.87. The van der Waals surface area contributed by atoms with Crippen molar-refractivity contribution in [3.63, 3.8) is 0 Å². The molecular formula is C11H20N2O3. The predicted octanol–water partition coefficient (Wildman–Crippen LogP) is -0.114. The number of rotatable bonds is 7. The van der Waals surface area contributed by atoms with Gasteiger partial charge in [0.05, 0.1) is 6.10 Å². The smallest absolute Gasteiger partial charge is 0.222 e. The minimum absolute atomic E-state index is 0.139. The van der Waals surface area contributed by atoms with E-state index in [2.05, 4.69) is 5.32 Å². The molecule has 0 aromatic carbocycles. The molecule has 1 saturated heterocycles. The highest BCUT2D eigenvalue weighted by atomic mass is 16.3. The molecule has 0 unspecified atom stereocenters. The van der Waals surface area contributed by atoms with Crippen LogP contribution in [0, 0.1) is 0 Å². The van der Waals surface area contributed by atoms with Crippen molar-refractivity contribution in [2.24, 2.45) is 0 Å². The lowest BCUT2D eigenvalue weighted by molar-refractivity contribution is -0.130. The summed E-state index contributed by atoms with van der Waals surface area (Å²) in [7, 11) is 0. The molecule has 0 bridgehead atoms. The maximum Gasteiger partial charge on any atom is 0.222 e. The van der Waals surface area contributed by atoms with Crippen LogP contribution in [0.15, 0.2) is 0 Å². The lowest BCUT2D eigenvalue weighted by atomic mass is 10.2. The third-order valence-corrected chi connectivity index (χ3v) is 2.81. The van der Waals surface area contributed by atoms with E-state index < -0.39 is 0 Å². The fraction of sp³-hybridized carbons (Fsp3) is 0.818. The van der Waals surface area contributed by atoms with Crippen LogP contribution in [0.1, 0.15) is 32.1 Å². The fourth-order valence-electron chi connectivity index (χ4n) is 1.87. The third-order valence-electron chi connectivity index (χ3n) is 2.81. The van der Waals surface area contributed by atoms with Crippen molar-refractivity contribution in [2.45, 2.75) is 38.2 Å². The van der Waals surface area contributed by atoms with Gasteiger partial charge in [-0.3, -0.25) is 9.59 Å². The number of nitrogens with one attached hydrogen (secondary N) is 1. The van der Waals surface area contributed by atoms with Crippen LogP contribution >= 0.6 is 0 Å². The van der Waals surface area contributed by atoms with Gasteiger partial charge < -0.3 is 15.3 Å². The van der Waals surface area contributed by atoms with Crippen LogP contribution in [-0.4, -0.2) is 48.1 Å². The normalized spacial score (nSPS) is 19.8. The number of likely N-dealkylation sites (tertiary alicyclic amines) is 1. The highest BCUT2D eigenvalue weighted by Gasteiger charge is 2.23. The van der Waals surface area contributed by atoms with E-state index in [1.165, 1.54) is 0 Å². The van der Waals surface area contributed by atoms with Gasteiger partial charge in [-0.15, -0.1) is 0 Å². The highest BCUT2D eigenvalue weighted by molar-refractivity contribution is 5.76. The maximum absolute atomic E-state index is 11.6. The minimum atomic E-state index is -0.333. The van der Waals surface area contributed by atoms with Crippen molar-refractivity contribution in [3.05, 3.63) is 0 Å². The summed E-state index contributed by atoms with van der Waals surface area (Å²) in [6, 6.07) is 0. The molecule has 1 heterocycles. The zero-order valence-electron chi connectivity index (χ0n) is 9.52. The number of aliphatic hydroxyl groups is 1. The van der Waals surface area contributed by atoms with Crippen molar-refractivity contribution in [2.75, 3.05) is 19.6 Å². The molecule has 0 aliphatic carbocycles. The number of carbonyl (C=O) groups excluding carboxylic acids is 2. The third kappa shape index (κ3) is 4.61. The van der Waals surface area contributed by atoms with E-state index in [0.29, 0.717) is 38.9 Å². The van der Waals surface area contributed by atoms with Crippen molar-refractivity contribution in [1.82, 2.24) is 10.2 Å². The number of β-amino-alcohol motifs (C(OH)–C–C–N with tert-alkyl or cyclic N) is 1. The molecular weight excluding hydrogens is 208 g/mol. The summed E-state index contributed by atoms with van der Waals surface area (Å²) in [6.07, 6.45) is 4.32. The standard InChI is InChI=1S/C11H20N2O3/c14-9-12-6-3-1-2-4-11(16)13-7-5-10(15)8-13/h9-10,15H,1-8H2,(H,12,14)/t10-/m0/s1. The van der Waals surface area contributed by atoms with Crippen LogP contribution in [0.2, 0.25) is 0 Å². The van der Waals surface area contributed by atoms with E-state index in [1.54, 1.807) is 4.90 Å². The molecule has 1 rings (SSSR count). The monoisotopic (exact) mass is 228 g/mol. The number of unbranched alkanes of at least 4 members (excludes halogenated alkanes) is 2. The second-order valence-electron chi connectivity index (χ2n) is 4.16. The number of hydrogen-bond acceptors (Lipinski definition) is 3. The second kappa shape index (κ2) is 7.22. The van der Waals surface area contributed by atoms with Gasteiger partial charge in [-0.25, -0.2) is 0 Å². The van der Waals surface area contributed by atoms with E-state index in [1.807, 2.05) is 0 Å². The Labute approximate surface area is 95.8 Å². The van der Waals surface area contributed by atoms with Gasteiger partial charge >= 0.3 is 0 Å². The summed E-state index contributed by atoms with van der Waals surface area (Å²) in [6.45, 7) is 1.86. The predicted molar refractivity (Wildman–Crippen MR) is 59.7 cm³/mol. The zero-order valence-corrected chi connectivity index (χ0v) is 9.52. The van der Waals surface area contributed by atoms with Crippen molar-refractivity contribution in [1.29, 1.82) is 0 Å². The van der Waals surface area contributed by atoms with Gasteiger partial charge in [0, 0.05) is 26.1 Å². The Morgan fingerprint density at radius 3 is 2.88 bits per heavy atom. The van der Waals surface area contributed by atoms with Gasteiger partial charge in [-0.05, 0) is 19.3 Å². The van der Waals surface area contributed by atoms with Crippen LogP contribution in [0.25, 0.3) is 0 Å². The van der Waals surface area contributed by atoms with Crippen molar-refractivity contribution in [3.8, 4) is 0 Å². The molecule has 1 fully saturated rings. The topological polar surface area (TPSA) is 69.6 Å². The minimum Gasteiger partial charge on any atom is -0.391 e. The summed E-state index contributed by atoms with van der Waals surface area (Å²) < 4.78 is 0. The molecule has 0 saturated carbocycles. The lowest BCUT2D eigenvalue weighted by Crippen LogP contribution is -2.29. The van der Waals surface area contributed by atoms with Gasteiger partial charge in [0.25, 0.3) is 0 Å². The molecule has 5 heteroatoms. The summed E-state index contributed by atoms with van der Waals surface area (Å²) >= 11 is 0. The second-order valence-corrected chi connectivity index (χ2v) is 4.16. The molecule has 0 aromatic heterocycles. The molecule has 92 valence electrons. The maximum atomic E-state index is 11.6. The molecule has 1 atom stereocenters. The van der Waals surface area contributed by atoms with Crippen LogP contribution in [0.4, 0.5) is 0 Å². The molecule has 0 spiro atoms. The average Bonchev–Trinajstić information content (AvgIpc) is 2.70. The number of nitrogens with zero attached hydrogens (tertiary/aromatic N) is 1. The van der Waals surface area contributed by atoms with E-state index >= 15 is 0 Å². The Bertz CT molecular complexity index is 233. The number of aliphatic hydroxyl groups excluding tert-OH is 1. The SMILES string of the molecule is O=CNCCCCCC(=O)N1CC[C@H](O)C1. The Morgan fingerprint density at radius 2 is 2.25 bits per heavy atom. The summed E-state index contributed by atoms with van der Waals surface area (Å²) in [5, 5.41) is 11.9. The molecule has 2 N–H and O–H groups in total. The molecule has 5 nitrogen and oxygen atoms in total. The Hall–Kier alpha value is -1.10. The van der Waals surface area contributed by atoms with Gasteiger partial charge in [0.1, 0.15) is 0 Å². The average molecular weight is 228 g/mol. The van der Waals surface area contributed by atoms with E-state index in [0.717, 1.165) is 19.3 Å². The van der Waals surface area contributed by atoms with Gasteiger partial charge in [0.2, 0.25) is 12.3 Å². The summed E-state index contributed by atoms with van der Waals surface area (Å²) in [5.74, 6) is 0.139. The number of amides is 2. The Kier molecular flexibility index (Phi) is 5.85. The molecule has 16 heavy (non-hydrogen) atoms. The van der Waals surface area contributed by atoms with Crippen LogP contribution in [0.3, 0.4) is 0 Å². The molecule has 2 amide bonds. The van der Waals surface area contributed by atoms with Crippen LogP contribution in [0.5, 0.6) is 0 Å². The molecule has 0 radical (unpaired) electrons. The first-order chi connectivity index (χ1) is 7.74. The van der Waals surface area contributed by atoms with Crippen molar-refractivity contribution >= 4 is 12.3 Å². The summed E-state index contributed by atoms with van der Waals surface area (Å²) in [4.78, 5) is 23.3. The van der Waals surface area contributed by atoms with Crippen LogP contribution < -0.4 is 5.32 Å². The molecule has 0 aromatic rings. The van der Waals surface area contributed by atoms with Gasteiger partial charge in [0.15, 0.2) is 0 Å². The van der Waals surface area contributed by atoms with E-state index in [4.69, 9.17) is 0 Å². The van der Waals surface area contributed by atoms with Crippen molar-refractivity contribution < 1.29 is 14.7 Å². The number of carbonyl (C=O) groups is 2. The summed E-state index contributed by atoms with van der Waals surface area (Å²) in [5.41, 5.74) is 0. The lowest BCUT2D eigenvalue weighted by Gasteiger charge is -2.15. The largest absolute Gasteiger partial charge is 0.391 e. The Balaban J connectivity index is 2.00. The van der Waals surface area contributed by atoms with E-state index in [9.17, 15) is 14.7 Å². The van der Waals surface area contributed by atoms with Gasteiger partial charge in [-0.2, -0.15) is 0 Å². The first kappa shape index (κ1) is 13.0. The van der Waals surface area contributed by atoms with Gasteiger partial charge in [-0.1, -0.05) is 6.42 Å². The number of hydrogen-bond donors (Lipinski definition) is 2. The van der Waals surface area contributed by atoms with E-state index in [-0.39, 0.29) is 12.0 Å². The molecule has 1 aliphatic heterocycles. The first-order valence-electron chi connectivity index (χ1n) is 5.87. The fourth-order valence-corrected chi connectivity index (χ4v) is 1.87. The quantitative estimate of drug-likeness (QED) is 0.472. The van der Waals surface area contributed by atoms with Crippen LogP contribution in [-0.2, 0) is 9.59 Å². The molecule has 1 aliphatic rings. The zero-order chi connectivity index (χ0) is 11.8. The Morgan fingerprint density at radius 1 is 1.44 bits per heavy atom. The highest BCUT2D eigenvalue weighted by Crippen LogP contribution is 2.11.